The lowest BCUT2D eigenvalue weighted by Crippen LogP contribution is -2.08. The van der Waals surface area contributed by atoms with Crippen molar-refractivity contribution >= 4 is 5.84 Å². The van der Waals surface area contributed by atoms with Crippen LogP contribution in [0.15, 0.2) is 17.3 Å². The van der Waals surface area contributed by atoms with E-state index in [2.05, 4.69) is 18.8 Å². The molecule has 0 bridgehead atoms. The van der Waals surface area contributed by atoms with Gasteiger partial charge in [0.15, 0.2) is 0 Å². The standard InChI is InChI=1S/C8H16N2/c1-4-8(9)10-6-5-7(2)3/h5-7H,4H2,1-3H3,(H2,9,10)/b6-5-. The van der Waals surface area contributed by atoms with Gasteiger partial charge in [0.1, 0.15) is 0 Å². The fourth-order valence-electron chi connectivity index (χ4n) is 0.402. The molecule has 0 aliphatic carbocycles. The van der Waals surface area contributed by atoms with Crippen LogP contribution in [0.1, 0.15) is 27.2 Å². The van der Waals surface area contributed by atoms with Crippen molar-refractivity contribution < 1.29 is 0 Å². The summed E-state index contributed by atoms with van der Waals surface area (Å²) >= 11 is 0. The van der Waals surface area contributed by atoms with E-state index in [0.717, 1.165) is 6.42 Å². The first-order valence-electron chi connectivity index (χ1n) is 3.65. The van der Waals surface area contributed by atoms with E-state index in [1.807, 2.05) is 13.0 Å². The fraction of sp³-hybridized carbons (Fsp3) is 0.625. The molecule has 0 heterocycles. The van der Waals surface area contributed by atoms with E-state index in [-0.39, 0.29) is 0 Å². The van der Waals surface area contributed by atoms with Gasteiger partial charge in [-0.1, -0.05) is 26.8 Å². The molecule has 0 atom stereocenters. The molecule has 58 valence electrons. The van der Waals surface area contributed by atoms with E-state index < -0.39 is 0 Å². The average molecular weight is 140 g/mol. The Bertz CT molecular complexity index is 134. The highest BCUT2D eigenvalue weighted by molar-refractivity contribution is 5.80. The molecule has 0 radical (unpaired) electrons. The Hall–Kier alpha value is -0.790. The van der Waals surface area contributed by atoms with Crippen LogP contribution < -0.4 is 5.73 Å². The predicted octanol–water partition coefficient (Wildman–Crippen LogP) is 1.92. The van der Waals surface area contributed by atoms with Crippen LogP contribution in [0.3, 0.4) is 0 Å². The molecule has 0 aromatic rings. The Balaban J connectivity index is 3.70. The summed E-state index contributed by atoms with van der Waals surface area (Å²) in [6.07, 6.45) is 4.61. The summed E-state index contributed by atoms with van der Waals surface area (Å²) < 4.78 is 0. The predicted molar refractivity (Wildman–Crippen MR) is 45.9 cm³/mol. The second-order valence-electron chi connectivity index (χ2n) is 2.56. The molecule has 2 nitrogen and oxygen atoms in total. The van der Waals surface area contributed by atoms with Crippen molar-refractivity contribution in [2.45, 2.75) is 27.2 Å². The fourth-order valence-corrected chi connectivity index (χ4v) is 0.402. The number of allylic oxidation sites excluding steroid dienone is 1. The van der Waals surface area contributed by atoms with E-state index >= 15 is 0 Å². The van der Waals surface area contributed by atoms with Crippen molar-refractivity contribution in [2.24, 2.45) is 16.6 Å². The van der Waals surface area contributed by atoms with Gasteiger partial charge in [-0.15, -0.1) is 0 Å². The van der Waals surface area contributed by atoms with E-state index in [9.17, 15) is 0 Å². The number of hydrogen-bond acceptors (Lipinski definition) is 1. The third kappa shape index (κ3) is 5.35. The maximum absolute atomic E-state index is 5.46. The Kier molecular flexibility index (Phi) is 4.63. The molecular formula is C8H16N2. The average Bonchev–Trinajstić information content (AvgIpc) is 1.87. The molecule has 0 aromatic carbocycles. The van der Waals surface area contributed by atoms with E-state index in [1.54, 1.807) is 6.20 Å². The molecule has 2 N–H and O–H groups in total. The zero-order valence-corrected chi connectivity index (χ0v) is 6.96. The first kappa shape index (κ1) is 9.21. The largest absolute Gasteiger partial charge is 0.387 e. The topological polar surface area (TPSA) is 38.4 Å². The number of hydrogen-bond donors (Lipinski definition) is 1. The Morgan fingerprint density at radius 2 is 2.20 bits per heavy atom. The third-order valence-electron chi connectivity index (χ3n) is 1.07. The Labute approximate surface area is 62.8 Å². The minimum Gasteiger partial charge on any atom is -0.387 e. The van der Waals surface area contributed by atoms with Crippen molar-refractivity contribution in [1.29, 1.82) is 0 Å². The van der Waals surface area contributed by atoms with Gasteiger partial charge in [-0.3, -0.25) is 0 Å². The van der Waals surface area contributed by atoms with E-state index in [4.69, 9.17) is 5.73 Å². The maximum atomic E-state index is 5.46. The maximum Gasteiger partial charge on any atom is 0.0986 e. The van der Waals surface area contributed by atoms with Gasteiger partial charge in [0.05, 0.1) is 5.84 Å². The van der Waals surface area contributed by atoms with Crippen molar-refractivity contribution in [3.8, 4) is 0 Å². The summed E-state index contributed by atoms with van der Waals surface area (Å²) in [6, 6.07) is 0. The highest BCUT2D eigenvalue weighted by atomic mass is 14.8. The molecule has 0 fully saturated rings. The lowest BCUT2D eigenvalue weighted by Gasteiger charge is -1.91. The normalized spacial score (nSPS) is 13.4. The first-order chi connectivity index (χ1) is 4.66. The molecule has 0 aliphatic rings. The molecule has 2 heteroatoms. The number of aliphatic imine (C=N–C) groups is 1. The van der Waals surface area contributed by atoms with Gasteiger partial charge >= 0.3 is 0 Å². The van der Waals surface area contributed by atoms with Gasteiger partial charge in [-0.2, -0.15) is 0 Å². The lowest BCUT2D eigenvalue weighted by molar-refractivity contribution is 0.829. The number of amidine groups is 1. The molecule has 0 saturated heterocycles. The lowest BCUT2D eigenvalue weighted by atomic mass is 10.2. The van der Waals surface area contributed by atoms with E-state index in [0.29, 0.717) is 11.8 Å². The number of nitrogens with zero attached hydrogens (tertiary/aromatic N) is 1. The smallest absolute Gasteiger partial charge is 0.0986 e. The van der Waals surface area contributed by atoms with Gasteiger partial charge in [-0.05, 0) is 5.92 Å². The molecule has 0 aromatic heterocycles. The SMILES string of the molecule is CCC(N)=N/C=C\C(C)C. The quantitative estimate of drug-likeness (QED) is 0.472. The molecule has 0 amide bonds. The second-order valence-corrected chi connectivity index (χ2v) is 2.56. The molecule has 0 rings (SSSR count). The monoisotopic (exact) mass is 140 g/mol. The van der Waals surface area contributed by atoms with Gasteiger partial charge in [-0.25, -0.2) is 4.99 Å². The van der Waals surface area contributed by atoms with Gasteiger partial charge in [0.2, 0.25) is 0 Å². The van der Waals surface area contributed by atoms with Crippen LogP contribution in [0.2, 0.25) is 0 Å². The summed E-state index contributed by atoms with van der Waals surface area (Å²) in [4.78, 5) is 4.00. The summed E-state index contributed by atoms with van der Waals surface area (Å²) in [5.74, 6) is 1.24. The molecular weight excluding hydrogens is 124 g/mol. The molecule has 0 aliphatic heterocycles. The summed E-state index contributed by atoms with van der Waals surface area (Å²) in [6.45, 7) is 6.20. The van der Waals surface area contributed by atoms with E-state index in [1.165, 1.54) is 0 Å². The molecule has 10 heavy (non-hydrogen) atoms. The van der Waals surface area contributed by atoms with Gasteiger partial charge in [0, 0.05) is 12.6 Å². The van der Waals surface area contributed by atoms with Crippen molar-refractivity contribution in [3.05, 3.63) is 12.3 Å². The number of nitrogens with two attached hydrogens (primary N) is 1. The third-order valence-corrected chi connectivity index (χ3v) is 1.07. The van der Waals surface area contributed by atoms with Crippen LogP contribution >= 0.6 is 0 Å². The summed E-state index contributed by atoms with van der Waals surface area (Å²) in [5.41, 5.74) is 5.46. The minimum atomic E-state index is 0.549. The van der Waals surface area contributed by atoms with Crippen LogP contribution in [0.5, 0.6) is 0 Å². The van der Waals surface area contributed by atoms with Crippen LogP contribution in [0.25, 0.3) is 0 Å². The summed E-state index contributed by atoms with van der Waals surface area (Å²) in [5, 5.41) is 0. The Morgan fingerprint density at radius 1 is 1.60 bits per heavy atom. The zero-order chi connectivity index (χ0) is 7.98. The number of rotatable bonds is 3. The van der Waals surface area contributed by atoms with Gasteiger partial charge in [0.25, 0.3) is 0 Å². The van der Waals surface area contributed by atoms with Crippen LogP contribution in [-0.2, 0) is 0 Å². The zero-order valence-electron chi connectivity index (χ0n) is 6.96. The highest BCUT2D eigenvalue weighted by Crippen LogP contribution is 1.93. The van der Waals surface area contributed by atoms with Crippen molar-refractivity contribution in [3.63, 3.8) is 0 Å². The van der Waals surface area contributed by atoms with Crippen molar-refractivity contribution in [2.75, 3.05) is 0 Å². The molecule has 0 saturated carbocycles. The van der Waals surface area contributed by atoms with Crippen LogP contribution in [0.4, 0.5) is 0 Å². The van der Waals surface area contributed by atoms with Crippen LogP contribution in [0, 0.1) is 5.92 Å². The molecule has 0 unspecified atom stereocenters. The highest BCUT2D eigenvalue weighted by Gasteiger charge is 1.82. The molecule has 0 spiro atoms. The summed E-state index contributed by atoms with van der Waals surface area (Å²) in [7, 11) is 0. The van der Waals surface area contributed by atoms with Crippen molar-refractivity contribution in [1.82, 2.24) is 0 Å². The van der Waals surface area contributed by atoms with Gasteiger partial charge < -0.3 is 5.73 Å². The first-order valence-corrected chi connectivity index (χ1v) is 3.65. The minimum absolute atomic E-state index is 0.549. The Morgan fingerprint density at radius 3 is 2.60 bits per heavy atom. The second kappa shape index (κ2) is 5.03. The van der Waals surface area contributed by atoms with Crippen LogP contribution in [-0.4, -0.2) is 5.84 Å².